The molecule has 1 heterocycles. The number of anilines is 1. The smallest absolute Gasteiger partial charge is 0.144 e. The zero-order valence-corrected chi connectivity index (χ0v) is 10.6. The summed E-state index contributed by atoms with van der Waals surface area (Å²) in [5.74, 6) is 1.29. The third kappa shape index (κ3) is 3.14. The van der Waals surface area contributed by atoms with Crippen LogP contribution in [0.25, 0.3) is 0 Å². The Morgan fingerprint density at radius 1 is 1.57 bits per heavy atom. The second-order valence-corrected chi connectivity index (χ2v) is 4.45. The molecule has 1 N–H and O–H groups in total. The summed E-state index contributed by atoms with van der Waals surface area (Å²) in [5.41, 5.74) is 0. The molecule has 1 aromatic heterocycles. The van der Waals surface area contributed by atoms with Crippen molar-refractivity contribution in [3.63, 3.8) is 0 Å². The van der Waals surface area contributed by atoms with Gasteiger partial charge in [0.1, 0.15) is 5.82 Å². The minimum Gasteiger partial charge on any atom is -0.366 e. The molecule has 0 fully saturated rings. The van der Waals surface area contributed by atoms with E-state index in [1.54, 1.807) is 6.20 Å². The highest BCUT2D eigenvalue weighted by molar-refractivity contribution is 9.09. The lowest BCUT2D eigenvalue weighted by molar-refractivity contribution is 0.570. The number of alkyl halides is 1. The monoisotopic (exact) mass is 276 g/mol. The summed E-state index contributed by atoms with van der Waals surface area (Å²) in [4.78, 5) is 4.18. The first-order valence-electron chi connectivity index (χ1n) is 4.58. The average molecular weight is 278 g/mol. The fourth-order valence-electron chi connectivity index (χ4n) is 0.983. The highest BCUT2D eigenvalue weighted by atomic mass is 79.9. The van der Waals surface area contributed by atoms with Gasteiger partial charge in [0.15, 0.2) is 0 Å². The predicted molar refractivity (Wildman–Crippen MR) is 65.3 cm³/mol. The fourth-order valence-corrected chi connectivity index (χ4v) is 1.72. The Labute approximate surface area is 98.2 Å². The number of rotatable bonds is 4. The highest BCUT2D eigenvalue weighted by Crippen LogP contribution is 2.20. The number of nitrogens with one attached hydrogen (secondary N) is 1. The van der Waals surface area contributed by atoms with E-state index in [1.807, 2.05) is 12.1 Å². The number of halogens is 2. The van der Waals surface area contributed by atoms with Crippen molar-refractivity contribution in [2.24, 2.45) is 5.92 Å². The summed E-state index contributed by atoms with van der Waals surface area (Å²) in [6.07, 6.45) is 1.74. The van der Waals surface area contributed by atoms with Crippen LogP contribution < -0.4 is 5.32 Å². The SMILES string of the molecule is CC(CBr)C(C)Nc1ncccc1Cl. The Bertz CT molecular complexity index is 293. The maximum absolute atomic E-state index is 5.98. The normalized spacial score (nSPS) is 14.9. The van der Waals surface area contributed by atoms with Crippen molar-refractivity contribution < 1.29 is 0 Å². The molecule has 1 rings (SSSR count). The molecule has 0 amide bonds. The molecule has 4 heteroatoms. The molecule has 0 aliphatic heterocycles. The fraction of sp³-hybridized carbons (Fsp3) is 0.500. The van der Waals surface area contributed by atoms with Gasteiger partial charge in [0.2, 0.25) is 0 Å². The number of hydrogen-bond acceptors (Lipinski definition) is 2. The summed E-state index contributed by atoms with van der Waals surface area (Å²) in [7, 11) is 0. The van der Waals surface area contributed by atoms with E-state index in [9.17, 15) is 0 Å². The van der Waals surface area contributed by atoms with Crippen LogP contribution in [0.4, 0.5) is 5.82 Å². The van der Waals surface area contributed by atoms with Gasteiger partial charge < -0.3 is 5.32 Å². The summed E-state index contributed by atoms with van der Waals surface area (Å²) in [6, 6.07) is 4.01. The van der Waals surface area contributed by atoms with Gasteiger partial charge in [-0.15, -0.1) is 0 Å². The molecule has 14 heavy (non-hydrogen) atoms. The van der Waals surface area contributed by atoms with Crippen molar-refractivity contribution in [3.05, 3.63) is 23.4 Å². The first kappa shape index (κ1) is 11.8. The molecule has 0 saturated heterocycles. The Balaban J connectivity index is 2.64. The molecular weight excluding hydrogens is 263 g/mol. The third-order valence-corrected chi connectivity index (χ3v) is 3.55. The van der Waals surface area contributed by atoms with Gasteiger partial charge in [-0.2, -0.15) is 0 Å². The maximum Gasteiger partial charge on any atom is 0.144 e. The zero-order valence-electron chi connectivity index (χ0n) is 8.30. The molecule has 0 saturated carbocycles. The van der Waals surface area contributed by atoms with Crippen molar-refractivity contribution in [2.75, 3.05) is 10.6 Å². The number of nitrogens with zero attached hydrogens (tertiary/aromatic N) is 1. The summed E-state index contributed by atoms with van der Waals surface area (Å²) in [6.45, 7) is 4.29. The van der Waals surface area contributed by atoms with E-state index >= 15 is 0 Å². The molecule has 2 atom stereocenters. The van der Waals surface area contributed by atoms with Crippen LogP contribution in [0.1, 0.15) is 13.8 Å². The number of aromatic nitrogens is 1. The van der Waals surface area contributed by atoms with Crippen LogP contribution in [0, 0.1) is 5.92 Å². The van der Waals surface area contributed by atoms with Gasteiger partial charge in [0.05, 0.1) is 5.02 Å². The van der Waals surface area contributed by atoms with Crippen LogP contribution in [-0.2, 0) is 0 Å². The average Bonchev–Trinajstić information content (AvgIpc) is 2.20. The van der Waals surface area contributed by atoms with Crippen LogP contribution in [0.5, 0.6) is 0 Å². The van der Waals surface area contributed by atoms with E-state index in [0.717, 1.165) is 11.1 Å². The van der Waals surface area contributed by atoms with Gasteiger partial charge in [-0.05, 0) is 25.0 Å². The Hall–Kier alpha value is -0.280. The summed E-state index contributed by atoms with van der Waals surface area (Å²) >= 11 is 9.43. The van der Waals surface area contributed by atoms with Crippen molar-refractivity contribution in [2.45, 2.75) is 19.9 Å². The molecule has 2 unspecified atom stereocenters. The lowest BCUT2D eigenvalue weighted by Crippen LogP contribution is -2.25. The first-order chi connectivity index (χ1) is 6.65. The van der Waals surface area contributed by atoms with Gasteiger partial charge in [0.25, 0.3) is 0 Å². The molecule has 0 spiro atoms. The molecule has 0 aliphatic rings. The van der Waals surface area contributed by atoms with E-state index in [1.165, 1.54) is 0 Å². The van der Waals surface area contributed by atoms with Crippen molar-refractivity contribution in [3.8, 4) is 0 Å². The Morgan fingerprint density at radius 3 is 2.86 bits per heavy atom. The third-order valence-electron chi connectivity index (χ3n) is 2.22. The Morgan fingerprint density at radius 2 is 2.29 bits per heavy atom. The van der Waals surface area contributed by atoms with Crippen LogP contribution in [-0.4, -0.2) is 16.4 Å². The van der Waals surface area contributed by atoms with Gasteiger partial charge in [-0.25, -0.2) is 4.98 Å². The lowest BCUT2D eigenvalue weighted by Gasteiger charge is -2.20. The molecule has 78 valence electrons. The molecule has 0 aliphatic carbocycles. The second kappa shape index (κ2) is 5.56. The van der Waals surface area contributed by atoms with Gasteiger partial charge in [0, 0.05) is 17.6 Å². The second-order valence-electron chi connectivity index (χ2n) is 3.40. The van der Waals surface area contributed by atoms with E-state index < -0.39 is 0 Å². The largest absolute Gasteiger partial charge is 0.366 e. The van der Waals surface area contributed by atoms with E-state index in [0.29, 0.717) is 17.0 Å². The lowest BCUT2D eigenvalue weighted by atomic mass is 10.1. The summed E-state index contributed by atoms with van der Waals surface area (Å²) < 4.78 is 0. The van der Waals surface area contributed by atoms with Crippen LogP contribution in [0.3, 0.4) is 0 Å². The molecule has 0 aromatic carbocycles. The summed E-state index contributed by atoms with van der Waals surface area (Å²) in [5, 5.41) is 4.92. The minimum absolute atomic E-state index is 0.349. The molecular formula is C10H14BrClN2. The van der Waals surface area contributed by atoms with Crippen molar-refractivity contribution in [1.82, 2.24) is 4.98 Å². The number of hydrogen-bond donors (Lipinski definition) is 1. The molecule has 0 bridgehead atoms. The quantitative estimate of drug-likeness (QED) is 0.851. The molecule has 1 aromatic rings. The first-order valence-corrected chi connectivity index (χ1v) is 6.08. The van der Waals surface area contributed by atoms with Crippen LogP contribution in [0.15, 0.2) is 18.3 Å². The Kier molecular flexibility index (Phi) is 4.69. The van der Waals surface area contributed by atoms with Gasteiger partial charge in [-0.1, -0.05) is 34.5 Å². The zero-order chi connectivity index (χ0) is 10.6. The molecule has 0 radical (unpaired) electrons. The maximum atomic E-state index is 5.98. The topological polar surface area (TPSA) is 24.9 Å². The van der Waals surface area contributed by atoms with Gasteiger partial charge in [-0.3, -0.25) is 0 Å². The highest BCUT2D eigenvalue weighted by Gasteiger charge is 2.12. The minimum atomic E-state index is 0.349. The van der Waals surface area contributed by atoms with Gasteiger partial charge >= 0.3 is 0 Å². The van der Waals surface area contributed by atoms with Crippen LogP contribution >= 0.6 is 27.5 Å². The van der Waals surface area contributed by atoms with E-state index in [2.05, 4.69) is 40.1 Å². The predicted octanol–water partition coefficient (Wildman–Crippen LogP) is 3.57. The van der Waals surface area contributed by atoms with Crippen molar-refractivity contribution in [1.29, 1.82) is 0 Å². The van der Waals surface area contributed by atoms with Crippen molar-refractivity contribution >= 4 is 33.3 Å². The van der Waals surface area contributed by atoms with Crippen LogP contribution in [0.2, 0.25) is 5.02 Å². The van der Waals surface area contributed by atoms with E-state index in [4.69, 9.17) is 11.6 Å². The number of pyridine rings is 1. The van der Waals surface area contributed by atoms with E-state index in [-0.39, 0.29) is 0 Å². The standard InChI is InChI=1S/C10H14BrClN2/c1-7(6-11)8(2)14-10-9(12)4-3-5-13-10/h3-5,7-8H,6H2,1-2H3,(H,13,14). The molecule has 2 nitrogen and oxygen atoms in total.